The summed E-state index contributed by atoms with van der Waals surface area (Å²) in [6, 6.07) is 25.9. The van der Waals surface area contributed by atoms with Gasteiger partial charge in [-0.15, -0.1) is 0 Å². The number of furan rings is 1. The topological polar surface area (TPSA) is 17.0 Å². The zero-order valence-electron chi connectivity index (χ0n) is 18.8. The van der Waals surface area contributed by atoms with E-state index >= 15 is 4.39 Å². The highest BCUT2D eigenvalue weighted by Crippen LogP contribution is 2.42. The summed E-state index contributed by atoms with van der Waals surface area (Å²) in [5, 5.41) is 4.00. The fourth-order valence-corrected chi connectivity index (χ4v) is 5.00. The maximum Gasteiger partial charge on any atom is 0.216 e. The largest absolute Gasteiger partial charge is 0.454 e. The Morgan fingerprint density at radius 1 is 0.697 bits per heavy atom. The molecule has 0 saturated carbocycles. The Bertz CT molecular complexity index is 1710. The molecule has 0 saturated heterocycles. The van der Waals surface area contributed by atoms with E-state index in [1.807, 2.05) is 55.6 Å². The van der Waals surface area contributed by atoms with Gasteiger partial charge < -0.3 is 4.42 Å². The van der Waals surface area contributed by atoms with Gasteiger partial charge in [0.15, 0.2) is 6.20 Å². The molecule has 2 nitrogen and oxygen atoms in total. The van der Waals surface area contributed by atoms with E-state index in [4.69, 9.17) is 4.42 Å². The van der Waals surface area contributed by atoms with Gasteiger partial charge in [-0.1, -0.05) is 54.6 Å². The van der Waals surface area contributed by atoms with Crippen molar-refractivity contribution in [3.63, 3.8) is 0 Å². The SMILES string of the molecule is Cc1ccc(-c2c(C)ccc3c2oc2c(-c4cccc5ccccc45)c(F)ccc23)[n+](C)c1. The zero-order valence-corrected chi connectivity index (χ0v) is 18.8. The molecule has 0 bridgehead atoms. The summed E-state index contributed by atoms with van der Waals surface area (Å²) in [7, 11) is 2.05. The number of benzene rings is 4. The molecule has 6 rings (SSSR count). The van der Waals surface area contributed by atoms with Gasteiger partial charge in [-0.25, -0.2) is 8.96 Å². The number of aryl methyl sites for hydroxylation is 3. The first-order chi connectivity index (χ1) is 16.0. The highest BCUT2D eigenvalue weighted by Gasteiger charge is 2.23. The molecule has 2 aromatic heterocycles. The smallest absolute Gasteiger partial charge is 0.216 e. The van der Waals surface area contributed by atoms with Crippen molar-refractivity contribution in [1.82, 2.24) is 0 Å². The van der Waals surface area contributed by atoms with Crippen LogP contribution in [0.15, 0.2) is 89.5 Å². The molecular weight excluding hydrogens is 409 g/mol. The maximum absolute atomic E-state index is 15.4. The highest BCUT2D eigenvalue weighted by atomic mass is 19.1. The molecule has 0 aliphatic heterocycles. The second-order valence-electron chi connectivity index (χ2n) is 8.76. The van der Waals surface area contributed by atoms with Gasteiger partial charge in [-0.2, -0.15) is 0 Å². The molecule has 0 unspecified atom stereocenters. The zero-order chi connectivity index (χ0) is 22.7. The second kappa shape index (κ2) is 7.28. The van der Waals surface area contributed by atoms with Crippen molar-refractivity contribution in [2.24, 2.45) is 7.05 Å². The molecule has 0 aliphatic carbocycles. The summed E-state index contributed by atoms with van der Waals surface area (Å²) in [6.45, 7) is 4.17. The summed E-state index contributed by atoms with van der Waals surface area (Å²) in [4.78, 5) is 0. The number of aromatic nitrogens is 1. The molecule has 0 spiro atoms. The number of nitrogens with zero attached hydrogens (tertiary/aromatic N) is 1. The van der Waals surface area contributed by atoms with Crippen LogP contribution in [-0.2, 0) is 7.05 Å². The van der Waals surface area contributed by atoms with Gasteiger partial charge in [0.1, 0.15) is 24.0 Å². The predicted molar refractivity (Wildman–Crippen MR) is 133 cm³/mol. The first-order valence-corrected chi connectivity index (χ1v) is 11.1. The Hall–Kier alpha value is -3.98. The average molecular weight is 433 g/mol. The summed E-state index contributed by atoms with van der Waals surface area (Å²) >= 11 is 0. The lowest BCUT2D eigenvalue weighted by Gasteiger charge is -2.08. The van der Waals surface area contributed by atoms with E-state index in [0.29, 0.717) is 11.1 Å². The van der Waals surface area contributed by atoms with Crippen molar-refractivity contribution in [3.8, 4) is 22.4 Å². The lowest BCUT2D eigenvalue weighted by molar-refractivity contribution is -0.660. The van der Waals surface area contributed by atoms with Crippen molar-refractivity contribution < 1.29 is 13.4 Å². The third kappa shape index (κ3) is 2.96. The number of rotatable bonds is 2. The van der Waals surface area contributed by atoms with Crippen molar-refractivity contribution >= 4 is 32.7 Å². The quantitative estimate of drug-likeness (QED) is 0.257. The molecule has 0 atom stereocenters. The van der Waals surface area contributed by atoms with Crippen LogP contribution < -0.4 is 4.57 Å². The average Bonchev–Trinajstić information content (AvgIpc) is 3.18. The molecular formula is C30H23FNO+. The molecule has 160 valence electrons. The molecule has 0 aliphatic rings. The van der Waals surface area contributed by atoms with Crippen LogP contribution in [0, 0.1) is 19.7 Å². The minimum absolute atomic E-state index is 0.280. The van der Waals surface area contributed by atoms with Gasteiger partial charge in [-0.05, 0) is 53.9 Å². The first-order valence-electron chi connectivity index (χ1n) is 11.1. The Morgan fingerprint density at radius 2 is 1.42 bits per heavy atom. The molecule has 3 heteroatoms. The predicted octanol–water partition coefficient (Wildman–Crippen LogP) is 7.65. The second-order valence-corrected chi connectivity index (χ2v) is 8.76. The Kier molecular flexibility index (Phi) is 4.34. The Balaban J connectivity index is 1.74. The molecule has 0 radical (unpaired) electrons. The minimum Gasteiger partial charge on any atom is -0.454 e. The third-order valence-corrected chi connectivity index (χ3v) is 6.56. The van der Waals surface area contributed by atoms with Crippen LogP contribution in [-0.4, -0.2) is 0 Å². The van der Waals surface area contributed by atoms with E-state index in [1.54, 1.807) is 6.07 Å². The van der Waals surface area contributed by atoms with Gasteiger partial charge in [0.05, 0.1) is 11.1 Å². The van der Waals surface area contributed by atoms with E-state index < -0.39 is 0 Å². The number of pyridine rings is 1. The van der Waals surface area contributed by atoms with Crippen LogP contribution in [0.3, 0.4) is 0 Å². The molecule has 2 heterocycles. The summed E-state index contributed by atoms with van der Waals surface area (Å²) in [6.07, 6.45) is 2.11. The van der Waals surface area contributed by atoms with Crippen molar-refractivity contribution in [3.05, 3.63) is 102 Å². The minimum atomic E-state index is -0.280. The van der Waals surface area contributed by atoms with E-state index in [0.717, 1.165) is 49.5 Å². The van der Waals surface area contributed by atoms with Gasteiger partial charge in [0.25, 0.3) is 0 Å². The van der Waals surface area contributed by atoms with Gasteiger partial charge in [0.2, 0.25) is 5.69 Å². The number of hydrogen-bond acceptors (Lipinski definition) is 1. The van der Waals surface area contributed by atoms with E-state index in [9.17, 15) is 0 Å². The fourth-order valence-electron chi connectivity index (χ4n) is 5.00. The van der Waals surface area contributed by atoms with E-state index in [2.05, 4.69) is 48.9 Å². The normalized spacial score (nSPS) is 11.6. The van der Waals surface area contributed by atoms with Crippen LogP contribution >= 0.6 is 0 Å². The summed E-state index contributed by atoms with van der Waals surface area (Å²) in [5.74, 6) is -0.280. The van der Waals surface area contributed by atoms with Crippen LogP contribution in [0.5, 0.6) is 0 Å². The van der Waals surface area contributed by atoms with E-state index in [1.165, 1.54) is 5.56 Å². The maximum atomic E-state index is 15.4. The van der Waals surface area contributed by atoms with Crippen LogP contribution in [0.2, 0.25) is 0 Å². The number of hydrogen-bond donors (Lipinski definition) is 0. The highest BCUT2D eigenvalue weighted by molar-refractivity contribution is 6.15. The van der Waals surface area contributed by atoms with Gasteiger partial charge >= 0.3 is 0 Å². The van der Waals surface area contributed by atoms with Crippen molar-refractivity contribution in [2.45, 2.75) is 13.8 Å². The first kappa shape index (κ1) is 19.7. The van der Waals surface area contributed by atoms with Crippen LogP contribution in [0.4, 0.5) is 4.39 Å². The standard InChI is InChI=1S/C30H23FNO/c1-18-11-16-26(32(3)17-18)27-19(2)12-13-23-24-14-15-25(31)28(30(24)33-29(23)27)22-10-6-8-20-7-4-5-9-21(20)22/h4-17H,1-3H3/q+1. The van der Waals surface area contributed by atoms with Crippen molar-refractivity contribution in [1.29, 1.82) is 0 Å². The monoisotopic (exact) mass is 432 g/mol. The molecule has 0 amide bonds. The van der Waals surface area contributed by atoms with Crippen LogP contribution in [0.25, 0.3) is 55.1 Å². The summed E-state index contributed by atoms with van der Waals surface area (Å²) in [5.41, 5.74) is 7.14. The molecule has 0 N–H and O–H groups in total. The third-order valence-electron chi connectivity index (χ3n) is 6.56. The number of fused-ring (bicyclic) bond motifs is 4. The van der Waals surface area contributed by atoms with Gasteiger partial charge in [-0.3, -0.25) is 0 Å². The lowest BCUT2D eigenvalue weighted by atomic mass is 9.95. The van der Waals surface area contributed by atoms with Crippen molar-refractivity contribution in [2.75, 3.05) is 0 Å². The van der Waals surface area contributed by atoms with Crippen LogP contribution in [0.1, 0.15) is 11.1 Å². The fraction of sp³-hybridized carbons (Fsp3) is 0.100. The summed E-state index contributed by atoms with van der Waals surface area (Å²) < 4.78 is 24.1. The number of halogens is 1. The van der Waals surface area contributed by atoms with E-state index in [-0.39, 0.29) is 5.82 Å². The molecule has 0 fully saturated rings. The lowest BCUT2D eigenvalue weighted by Crippen LogP contribution is -2.31. The molecule has 6 aromatic rings. The van der Waals surface area contributed by atoms with Gasteiger partial charge in [0, 0.05) is 22.4 Å². The molecule has 4 aromatic carbocycles. The Labute approximate surface area is 191 Å². The molecule has 33 heavy (non-hydrogen) atoms. The Morgan fingerprint density at radius 3 is 2.24 bits per heavy atom.